The van der Waals surface area contributed by atoms with E-state index in [4.69, 9.17) is 0 Å². The van der Waals surface area contributed by atoms with Crippen LogP contribution in [-0.4, -0.2) is 13.0 Å². The van der Waals surface area contributed by atoms with Gasteiger partial charge >= 0.3 is 0 Å². The minimum Gasteiger partial charge on any atom is -0.355 e. The molecular formula is C13H25NO. The molecule has 0 aliphatic carbocycles. The molecule has 0 unspecified atom stereocenters. The molecule has 0 aromatic carbocycles. The van der Waals surface area contributed by atoms with E-state index in [1.54, 1.807) is 0 Å². The van der Waals surface area contributed by atoms with Crippen LogP contribution in [0.3, 0.4) is 0 Å². The Balaban J connectivity index is 2.97. The minimum absolute atomic E-state index is 0.667. The van der Waals surface area contributed by atoms with Crippen molar-refractivity contribution in [1.82, 2.24) is 5.32 Å². The molecule has 0 aliphatic heterocycles. The first kappa shape index (κ1) is 14.2. The van der Waals surface area contributed by atoms with E-state index in [1.165, 1.54) is 44.9 Å². The van der Waals surface area contributed by atoms with Crippen molar-refractivity contribution in [3.63, 3.8) is 0 Å². The Morgan fingerprint density at radius 3 is 2.27 bits per heavy atom. The highest BCUT2D eigenvalue weighted by Gasteiger charge is 1.88. The smallest absolute Gasteiger partial charge is 0.207 e. The summed E-state index contributed by atoms with van der Waals surface area (Å²) in [4.78, 5) is 9.92. The molecule has 0 fully saturated rings. The van der Waals surface area contributed by atoms with Crippen LogP contribution in [0, 0.1) is 0 Å². The van der Waals surface area contributed by atoms with Crippen LogP contribution < -0.4 is 5.32 Å². The lowest BCUT2D eigenvalue weighted by atomic mass is 10.1. The highest BCUT2D eigenvalue weighted by molar-refractivity contribution is 5.46. The third-order valence-corrected chi connectivity index (χ3v) is 2.46. The summed E-state index contributed by atoms with van der Waals surface area (Å²) in [5, 5.41) is 2.61. The summed E-state index contributed by atoms with van der Waals surface area (Å²) < 4.78 is 0. The molecule has 0 aliphatic rings. The van der Waals surface area contributed by atoms with Gasteiger partial charge in [-0.25, -0.2) is 0 Å². The van der Waals surface area contributed by atoms with Crippen molar-refractivity contribution in [1.29, 1.82) is 0 Å². The Kier molecular flexibility index (Phi) is 12.5. The zero-order chi connectivity index (χ0) is 11.2. The van der Waals surface area contributed by atoms with E-state index >= 15 is 0 Å². The van der Waals surface area contributed by atoms with E-state index in [9.17, 15) is 4.79 Å². The molecule has 0 aromatic rings. The van der Waals surface area contributed by atoms with E-state index in [1.807, 2.05) is 6.08 Å². The average molecular weight is 211 g/mol. The molecule has 0 rings (SSSR count). The molecule has 2 heteroatoms. The lowest BCUT2D eigenvalue weighted by Crippen LogP contribution is -2.09. The van der Waals surface area contributed by atoms with Gasteiger partial charge in [-0.15, -0.1) is 0 Å². The molecule has 1 amide bonds. The zero-order valence-electron chi connectivity index (χ0n) is 10.0. The second kappa shape index (κ2) is 13.2. The van der Waals surface area contributed by atoms with Gasteiger partial charge in [0.15, 0.2) is 0 Å². The lowest BCUT2D eigenvalue weighted by molar-refractivity contribution is -0.109. The summed E-state index contributed by atoms with van der Waals surface area (Å²) in [5.74, 6) is 0. The number of unbranched alkanes of at least 4 members (excludes halogenated alkanes) is 7. The summed E-state index contributed by atoms with van der Waals surface area (Å²) in [7, 11) is 0. The van der Waals surface area contributed by atoms with Crippen molar-refractivity contribution >= 4 is 6.41 Å². The second-order valence-electron chi connectivity index (χ2n) is 3.91. The molecule has 88 valence electrons. The van der Waals surface area contributed by atoms with E-state index in [0.717, 1.165) is 12.8 Å². The van der Waals surface area contributed by atoms with Gasteiger partial charge in [0.05, 0.1) is 0 Å². The SMILES string of the molecule is CCCCCCCCCC=CCNC=O. The topological polar surface area (TPSA) is 29.1 Å². The quantitative estimate of drug-likeness (QED) is 0.317. The molecule has 15 heavy (non-hydrogen) atoms. The number of carbonyl (C=O) groups excluding carboxylic acids is 1. The molecule has 0 spiro atoms. The van der Waals surface area contributed by atoms with Crippen molar-refractivity contribution in [2.45, 2.75) is 58.3 Å². The maximum atomic E-state index is 9.92. The number of carbonyl (C=O) groups is 1. The summed E-state index contributed by atoms with van der Waals surface area (Å²) in [6.07, 6.45) is 15.6. The maximum Gasteiger partial charge on any atom is 0.207 e. The van der Waals surface area contributed by atoms with Gasteiger partial charge in [-0.3, -0.25) is 4.79 Å². The van der Waals surface area contributed by atoms with Gasteiger partial charge in [-0.2, -0.15) is 0 Å². The van der Waals surface area contributed by atoms with Crippen LogP contribution in [0.25, 0.3) is 0 Å². The van der Waals surface area contributed by atoms with Crippen LogP contribution in [0.4, 0.5) is 0 Å². The predicted octanol–water partition coefficient (Wildman–Crippen LogP) is 3.43. The Morgan fingerprint density at radius 2 is 1.60 bits per heavy atom. The minimum atomic E-state index is 0.667. The highest BCUT2D eigenvalue weighted by Crippen LogP contribution is 2.08. The summed E-state index contributed by atoms with van der Waals surface area (Å²) >= 11 is 0. The third-order valence-electron chi connectivity index (χ3n) is 2.46. The fraction of sp³-hybridized carbons (Fsp3) is 0.769. The number of hydrogen-bond acceptors (Lipinski definition) is 1. The maximum absolute atomic E-state index is 9.92. The summed E-state index contributed by atoms with van der Waals surface area (Å²) in [6, 6.07) is 0. The van der Waals surface area contributed by atoms with Crippen molar-refractivity contribution in [3.8, 4) is 0 Å². The molecule has 0 bridgehead atoms. The molecule has 0 saturated heterocycles. The fourth-order valence-electron chi connectivity index (χ4n) is 1.54. The van der Waals surface area contributed by atoms with Crippen LogP contribution in [-0.2, 0) is 4.79 Å². The summed E-state index contributed by atoms with van der Waals surface area (Å²) in [5.41, 5.74) is 0. The normalized spacial score (nSPS) is 10.7. The Morgan fingerprint density at radius 1 is 0.933 bits per heavy atom. The standard InChI is InChI=1S/C13H25NO/c1-2-3-4-5-6-7-8-9-10-11-12-14-13-15/h10-11,13H,2-9,12H2,1H3,(H,14,15). The van der Waals surface area contributed by atoms with Gasteiger partial charge in [-0.05, 0) is 12.8 Å². The first-order chi connectivity index (χ1) is 7.41. The van der Waals surface area contributed by atoms with E-state index in [0.29, 0.717) is 6.54 Å². The molecular weight excluding hydrogens is 186 g/mol. The number of rotatable bonds is 11. The van der Waals surface area contributed by atoms with Crippen molar-refractivity contribution < 1.29 is 4.79 Å². The van der Waals surface area contributed by atoms with Crippen molar-refractivity contribution in [3.05, 3.63) is 12.2 Å². The zero-order valence-corrected chi connectivity index (χ0v) is 10.0. The second-order valence-corrected chi connectivity index (χ2v) is 3.91. The largest absolute Gasteiger partial charge is 0.355 e. The summed E-state index contributed by atoms with van der Waals surface area (Å²) in [6.45, 7) is 2.91. The molecule has 0 saturated carbocycles. The van der Waals surface area contributed by atoms with Crippen LogP contribution >= 0.6 is 0 Å². The fourth-order valence-corrected chi connectivity index (χ4v) is 1.54. The predicted molar refractivity (Wildman–Crippen MR) is 65.8 cm³/mol. The van der Waals surface area contributed by atoms with E-state index < -0.39 is 0 Å². The lowest BCUT2D eigenvalue weighted by Gasteiger charge is -1.98. The van der Waals surface area contributed by atoms with Gasteiger partial charge in [0, 0.05) is 6.54 Å². The van der Waals surface area contributed by atoms with Gasteiger partial charge in [0.25, 0.3) is 0 Å². The van der Waals surface area contributed by atoms with Crippen LogP contribution in [0.5, 0.6) is 0 Å². The Labute approximate surface area is 94.1 Å². The molecule has 0 aromatic heterocycles. The molecule has 0 atom stereocenters. The molecule has 2 nitrogen and oxygen atoms in total. The highest BCUT2D eigenvalue weighted by atomic mass is 16.1. The van der Waals surface area contributed by atoms with Crippen molar-refractivity contribution in [2.75, 3.05) is 6.54 Å². The number of nitrogens with one attached hydrogen (secondary N) is 1. The number of hydrogen-bond donors (Lipinski definition) is 1. The molecule has 0 radical (unpaired) electrons. The number of allylic oxidation sites excluding steroid dienone is 1. The first-order valence-electron chi connectivity index (χ1n) is 6.23. The van der Waals surface area contributed by atoms with Crippen LogP contribution in [0.15, 0.2) is 12.2 Å². The van der Waals surface area contributed by atoms with Crippen LogP contribution in [0.2, 0.25) is 0 Å². The van der Waals surface area contributed by atoms with Gasteiger partial charge in [-0.1, -0.05) is 57.6 Å². The van der Waals surface area contributed by atoms with Gasteiger partial charge in [0.1, 0.15) is 0 Å². The Bertz CT molecular complexity index is 155. The van der Waals surface area contributed by atoms with Gasteiger partial charge in [0.2, 0.25) is 6.41 Å². The first-order valence-corrected chi connectivity index (χ1v) is 6.23. The molecule has 0 heterocycles. The van der Waals surface area contributed by atoms with Gasteiger partial charge < -0.3 is 5.32 Å². The van der Waals surface area contributed by atoms with Crippen molar-refractivity contribution in [2.24, 2.45) is 0 Å². The van der Waals surface area contributed by atoms with E-state index in [-0.39, 0.29) is 0 Å². The van der Waals surface area contributed by atoms with E-state index in [2.05, 4.69) is 18.3 Å². The average Bonchev–Trinajstić information content (AvgIpc) is 2.26. The Hall–Kier alpha value is -0.790. The third kappa shape index (κ3) is 13.2. The molecule has 1 N–H and O–H groups in total. The number of amides is 1. The van der Waals surface area contributed by atoms with Crippen LogP contribution in [0.1, 0.15) is 58.3 Å². The monoisotopic (exact) mass is 211 g/mol.